The predicted octanol–water partition coefficient (Wildman–Crippen LogP) is 8.82. The average Bonchev–Trinajstić information content (AvgIpc) is 2.80. The molecule has 1 aromatic carbocycles. The molecule has 0 aliphatic heterocycles. The topological polar surface area (TPSA) is 0 Å². The first-order valence-electron chi connectivity index (χ1n) is 12.8. The van der Waals surface area contributed by atoms with Crippen molar-refractivity contribution in [3.8, 4) is 0 Å². The quantitative estimate of drug-likeness (QED) is 0.422. The molecule has 3 aliphatic carbocycles. The van der Waals surface area contributed by atoms with E-state index >= 15 is 0 Å². The van der Waals surface area contributed by atoms with E-state index < -0.39 is 11.6 Å². The Balaban J connectivity index is 1.18. The molecule has 0 N–H and O–H groups in total. The van der Waals surface area contributed by atoms with Gasteiger partial charge in [-0.2, -0.15) is 0 Å². The van der Waals surface area contributed by atoms with E-state index in [9.17, 15) is 8.78 Å². The van der Waals surface area contributed by atoms with E-state index in [1.165, 1.54) is 82.8 Å². The number of hydrogen-bond donors (Lipinski definition) is 0. The third kappa shape index (κ3) is 5.54. The van der Waals surface area contributed by atoms with E-state index in [1.54, 1.807) is 6.07 Å². The number of hydrogen-bond acceptors (Lipinski definition) is 0. The highest BCUT2D eigenvalue weighted by molar-refractivity contribution is 5.22. The molecule has 2 heteroatoms. The van der Waals surface area contributed by atoms with E-state index in [2.05, 4.69) is 19.1 Å². The van der Waals surface area contributed by atoms with Crippen LogP contribution in [0.2, 0.25) is 0 Å². The van der Waals surface area contributed by atoms with E-state index in [4.69, 9.17) is 0 Å². The molecule has 0 amide bonds. The van der Waals surface area contributed by atoms with Crippen molar-refractivity contribution < 1.29 is 8.78 Å². The summed E-state index contributed by atoms with van der Waals surface area (Å²) in [5.41, 5.74) is 0.975. The largest absolute Gasteiger partial charge is 0.204 e. The zero-order valence-electron chi connectivity index (χ0n) is 18.8. The summed E-state index contributed by atoms with van der Waals surface area (Å²) in [7, 11) is 0. The van der Waals surface area contributed by atoms with Crippen molar-refractivity contribution >= 4 is 0 Å². The Kier molecular flexibility index (Phi) is 7.65. The van der Waals surface area contributed by atoms with Gasteiger partial charge in [-0.3, -0.25) is 0 Å². The molecule has 0 atom stereocenters. The zero-order chi connectivity index (χ0) is 20.9. The van der Waals surface area contributed by atoms with E-state index in [-0.39, 0.29) is 0 Å². The Labute approximate surface area is 182 Å². The molecular weight excluding hydrogens is 374 g/mol. The third-order valence-electron chi connectivity index (χ3n) is 8.79. The SMILES string of the molecule is CC[C@H]1CC[C@H]([C@H]2CC[C@H](C=C[C@H]3CC[C@H](c4ccc(F)c(F)c4)CC3)CC2)CC1. The minimum atomic E-state index is -0.737. The van der Waals surface area contributed by atoms with Crippen molar-refractivity contribution in [3.63, 3.8) is 0 Å². The monoisotopic (exact) mass is 414 g/mol. The summed E-state index contributed by atoms with van der Waals surface area (Å²) in [6.07, 6.45) is 22.6. The van der Waals surface area contributed by atoms with Crippen LogP contribution in [0.15, 0.2) is 30.4 Å². The van der Waals surface area contributed by atoms with Crippen LogP contribution in [0.3, 0.4) is 0 Å². The minimum absolute atomic E-state index is 0.392. The Morgan fingerprint density at radius 3 is 1.77 bits per heavy atom. The van der Waals surface area contributed by atoms with Crippen molar-refractivity contribution in [2.45, 2.75) is 96.3 Å². The van der Waals surface area contributed by atoms with Gasteiger partial charge in [0, 0.05) is 0 Å². The summed E-state index contributed by atoms with van der Waals surface area (Å²) in [5, 5.41) is 0. The van der Waals surface area contributed by atoms with Crippen molar-refractivity contribution in [2.75, 3.05) is 0 Å². The molecule has 3 aliphatic rings. The Hall–Kier alpha value is -1.18. The van der Waals surface area contributed by atoms with Gasteiger partial charge in [-0.1, -0.05) is 44.4 Å². The molecule has 0 nitrogen and oxygen atoms in total. The van der Waals surface area contributed by atoms with Gasteiger partial charge in [0.25, 0.3) is 0 Å². The second-order valence-electron chi connectivity index (χ2n) is 10.5. The van der Waals surface area contributed by atoms with Gasteiger partial charge in [-0.05, 0) is 117 Å². The molecule has 0 aromatic heterocycles. The van der Waals surface area contributed by atoms with Gasteiger partial charge < -0.3 is 0 Å². The van der Waals surface area contributed by atoms with Crippen molar-refractivity contribution in [1.82, 2.24) is 0 Å². The smallest absolute Gasteiger partial charge is 0.159 e. The van der Waals surface area contributed by atoms with Crippen LogP contribution in [0.1, 0.15) is 102 Å². The molecule has 0 spiro atoms. The molecule has 4 rings (SSSR count). The standard InChI is InChI=1S/C28H40F2/c1-2-20-5-11-23(12-6-20)24-13-7-21(8-14-24)3-4-22-9-15-25(16-10-22)26-17-18-27(29)28(30)19-26/h3-4,17-25H,2,5-16H2,1H3/t20-,21-,22-,23-,24-,25-. The van der Waals surface area contributed by atoms with Gasteiger partial charge in [0.05, 0.1) is 0 Å². The maximum Gasteiger partial charge on any atom is 0.159 e. The molecule has 0 saturated heterocycles. The summed E-state index contributed by atoms with van der Waals surface area (Å²) in [4.78, 5) is 0. The van der Waals surface area contributed by atoms with Crippen LogP contribution in [0, 0.1) is 41.2 Å². The Morgan fingerprint density at radius 2 is 1.23 bits per heavy atom. The van der Waals surface area contributed by atoms with Crippen LogP contribution in [-0.2, 0) is 0 Å². The molecule has 166 valence electrons. The minimum Gasteiger partial charge on any atom is -0.204 e. The lowest BCUT2D eigenvalue weighted by atomic mass is 9.69. The molecule has 1 aromatic rings. The number of halogens is 2. The molecule has 0 unspecified atom stereocenters. The van der Waals surface area contributed by atoms with Crippen LogP contribution in [0.25, 0.3) is 0 Å². The molecule has 3 saturated carbocycles. The van der Waals surface area contributed by atoms with Crippen molar-refractivity contribution in [1.29, 1.82) is 0 Å². The Morgan fingerprint density at radius 1 is 0.700 bits per heavy atom. The maximum absolute atomic E-state index is 13.5. The number of benzene rings is 1. The highest BCUT2D eigenvalue weighted by Gasteiger charge is 2.30. The third-order valence-corrected chi connectivity index (χ3v) is 8.79. The highest BCUT2D eigenvalue weighted by atomic mass is 19.2. The molecule has 0 radical (unpaired) electrons. The van der Waals surface area contributed by atoms with Gasteiger partial charge in [-0.25, -0.2) is 8.78 Å². The molecule has 30 heavy (non-hydrogen) atoms. The van der Waals surface area contributed by atoms with Crippen LogP contribution in [0.4, 0.5) is 8.78 Å². The molecule has 0 bridgehead atoms. The first-order valence-corrected chi connectivity index (χ1v) is 12.8. The zero-order valence-corrected chi connectivity index (χ0v) is 18.8. The molecule has 3 fully saturated rings. The Bertz CT molecular complexity index is 685. The summed E-state index contributed by atoms with van der Waals surface area (Å²) in [5.74, 6) is 3.44. The fraction of sp³-hybridized carbons (Fsp3) is 0.714. The summed E-state index contributed by atoms with van der Waals surface area (Å²) >= 11 is 0. The first kappa shape index (κ1) is 22.0. The lowest BCUT2D eigenvalue weighted by molar-refractivity contribution is 0.154. The van der Waals surface area contributed by atoms with Gasteiger partial charge in [0.2, 0.25) is 0 Å². The molecule has 0 heterocycles. The lowest BCUT2D eigenvalue weighted by Gasteiger charge is -2.37. The predicted molar refractivity (Wildman–Crippen MR) is 121 cm³/mol. The van der Waals surface area contributed by atoms with E-state index in [0.717, 1.165) is 42.1 Å². The van der Waals surface area contributed by atoms with Crippen LogP contribution in [0.5, 0.6) is 0 Å². The van der Waals surface area contributed by atoms with Gasteiger partial charge in [0.1, 0.15) is 0 Å². The second kappa shape index (κ2) is 10.4. The number of allylic oxidation sites excluding steroid dienone is 2. The highest BCUT2D eigenvalue weighted by Crippen LogP contribution is 2.43. The van der Waals surface area contributed by atoms with Gasteiger partial charge >= 0.3 is 0 Å². The first-order chi connectivity index (χ1) is 14.6. The fourth-order valence-corrected chi connectivity index (χ4v) is 6.60. The normalized spacial score (nSPS) is 35.6. The average molecular weight is 415 g/mol. The van der Waals surface area contributed by atoms with E-state index in [1.807, 2.05) is 0 Å². The lowest BCUT2D eigenvalue weighted by Crippen LogP contribution is -2.25. The second-order valence-corrected chi connectivity index (χ2v) is 10.5. The van der Waals surface area contributed by atoms with Crippen LogP contribution < -0.4 is 0 Å². The van der Waals surface area contributed by atoms with E-state index in [0.29, 0.717) is 11.8 Å². The molecular formula is C28H40F2. The summed E-state index contributed by atoms with van der Waals surface area (Å²) < 4.78 is 26.7. The van der Waals surface area contributed by atoms with Crippen LogP contribution >= 0.6 is 0 Å². The van der Waals surface area contributed by atoms with Crippen LogP contribution in [-0.4, -0.2) is 0 Å². The van der Waals surface area contributed by atoms with Gasteiger partial charge in [0.15, 0.2) is 11.6 Å². The van der Waals surface area contributed by atoms with Gasteiger partial charge in [-0.15, -0.1) is 0 Å². The van der Waals surface area contributed by atoms with Crippen molar-refractivity contribution in [2.24, 2.45) is 29.6 Å². The van der Waals surface area contributed by atoms with Crippen molar-refractivity contribution in [3.05, 3.63) is 47.5 Å². The maximum atomic E-state index is 13.5. The summed E-state index contributed by atoms with van der Waals surface area (Å²) in [6, 6.07) is 4.46. The fourth-order valence-electron chi connectivity index (χ4n) is 6.60. The summed E-state index contributed by atoms with van der Waals surface area (Å²) in [6.45, 7) is 2.36. The number of rotatable bonds is 5.